The smallest absolute Gasteiger partial charge is 0.102 e. The monoisotopic (exact) mass is 104 g/mol. The van der Waals surface area contributed by atoms with Crippen LogP contribution in [0.1, 0.15) is 27.2 Å². The lowest BCUT2D eigenvalue weighted by Gasteiger charge is -2.06. The van der Waals surface area contributed by atoms with Gasteiger partial charge in [-0.15, -0.1) is 0 Å². The van der Waals surface area contributed by atoms with E-state index in [1.54, 1.807) is 0 Å². The minimum absolute atomic E-state index is 0.199. The van der Waals surface area contributed by atoms with E-state index in [0.717, 1.165) is 0 Å². The number of rotatable bonds is 2. The van der Waals surface area contributed by atoms with Gasteiger partial charge in [0.05, 0.1) is 0 Å². The maximum Gasteiger partial charge on any atom is 0.102 e. The van der Waals surface area contributed by atoms with E-state index in [-0.39, 0.29) is 5.92 Å². The largest absolute Gasteiger partial charge is 0.247 e. The van der Waals surface area contributed by atoms with Gasteiger partial charge < -0.3 is 0 Å². The molecule has 0 saturated heterocycles. The van der Waals surface area contributed by atoms with E-state index in [9.17, 15) is 4.39 Å². The Morgan fingerprint density at radius 1 is 1.43 bits per heavy atom. The molecule has 1 atom stereocenters. The van der Waals surface area contributed by atoms with Gasteiger partial charge in [0, 0.05) is 0 Å². The van der Waals surface area contributed by atoms with Gasteiger partial charge in [-0.05, 0) is 12.3 Å². The highest BCUT2D eigenvalue weighted by atomic mass is 19.1. The van der Waals surface area contributed by atoms with Crippen molar-refractivity contribution < 1.29 is 4.39 Å². The van der Waals surface area contributed by atoms with Crippen LogP contribution in [0.4, 0.5) is 4.39 Å². The zero-order chi connectivity index (χ0) is 5.86. The van der Waals surface area contributed by atoms with E-state index in [1.807, 2.05) is 20.8 Å². The van der Waals surface area contributed by atoms with Gasteiger partial charge in [0.1, 0.15) is 6.17 Å². The second-order valence-corrected chi connectivity index (χ2v) is 2.17. The summed E-state index contributed by atoms with van der Waals surface area (Å²) in [7, 11) is 0. The number of hydrogen-bond acceptors (Lipinski definition) is 0. The quantitative estimate of drug-likeness (QED) is 0.504. The SMILES string of the molecule is CC[C@H](F)C(C)C. The zero-order valence-electron chi connectivity index (χ0n) is 5.24. The average molecular weight is 104 g/mol. The molecule has 0 amide bonds. The molecule has 0 N–H and O–H groups in total. The Labute approximate surface area is 44.7 Å². The average Bonchev–Trinajstić information content (AvgIpc) is 1.65. The highest BCUT2D eigenvalue weighted by molar-refractivity contribution is 4.55. The summed E-state index contributed by atoms with van der Waals surface area (Å²) in [4.78, 5) is 0. The molecule has 0 bridgehead atoms. The van der Waals surface area contributed by atoms with Gasteiger partial charge in [0.15, 0.2) is 0 Å². The molecular weight excluding hydrogens is 91.1 g/mol. The summed E-state index contributed by atoms with van der Waals surface area (Å²) in [5, 5.41) is 0. The lowest BCUT2D eigenvalue weighted by molar-refractivity contribution is 0.248. The molecule has 0 aliphatic rings. The molecule has 7 heavy (non-hydrogen) atoms. The van der Waals surface area contributed by atoms with Crippen molar-refractivity contribution in [1.29, 1.82) is 0 Å². The van der Waals surface area contributed by atoms with Crippen molar-refractivity contribution in [3.05, 3.63) is 0 Å². The molecule has 0 fully saturated rings. The van der Waals surface area contributed by atoms with Crippen LogP contribution < -0.4 is 0 Å². The molecule has 0 rings (SSSR count). The molecule has 0 aliphatic heterocycles. The predicted molar refractivity (Wildman–Crippen MR) is 30.0 cm³/mol. The molecule has 0 radical (unpaired) electrons. The fourth-order valence-electron chi connectivity index (χ4n) is 0.471. The Morgan fingerprint density at radius 3 is 1.86 bits per heavy atom. The molecule has 44 valence electrons. The van der Waals surface area contributed by atoms with Crippen molar-refractivity contribution in [1.82, 2.24) is 0 Å². The normalized spacial score (nSPS) is 15.0. The molecular formula is C6H13F. The lowest BCUT2D eigenvalue weighted by Crippen LogP contribution is -2.05. The zero-order valence-corrected chi connectivity index (χ0v) is 5.24. The fourth-order valence-corrected chi connectivity index (χ4v) is 0.471. The Kier molecular flexibility index (Phi) is 2.97. The van der Waals surface area contributed by atoms with Crippen molar-refractivity contribution >= 4 is 0 Å². The number of alkyl halides is 1. The van der Waals surface area contributed by atoms with E-state index < -0.39 is 6.17 Å². The summed E-state index contributed by atoms with van der Waals surface area (Å²) in [6, 6.07) is 0. The fraction of sp³-hybridized carbons (Fsp3) is 1.00. The Balaban J connectivity index is 3.14. The maximum absolute atomic E-state index is 12.3. The van der Waals surface area contributed by atoms with Crippen LogP contribution in [-0.4, -0.2) is 6.17 Å². The van der Waals surface area contributed by atoms with Crippen LogP contribution in [-0.2, 0) is 0 Å². The summed E-state index contributed by atoms with van der Waals surface area (Å²) in [5.74, 6) is 0.199. The Morgan fingerprint density at radius 2 is 1.86 bits per heavy atom. The van der Waals surface area contributed by atoms with Crippen LogP contribution in [0.25, 0.3) is 0 Å². The van der Waals surface area contributed by atoms with Gasteiger partial charge in [-0.1, -0.05) is 20.8 Å². The first-order valence-electron chi connectivity index (χ1n) is 2.82. The molecule has 0 aromatic carbocycles. The Bertz CT molecular complexity index is 41.4. The van der Waals surface area contributed by atoms with Crippen molar-refractivity contribution in [3.8, 4) is 0 Å². The van der Waals surface area contributed by atoms with Gasteiger partial charge in [-0.3, -0.25) is 0 Å². The van der Waals surface area contributed by atoms with E-state index in [1.165, 1.54) is 0 Å². The predicted octanol–water partition coefficient (Wildman–Crippen LogP) is 2.39. The van der Waals surface area contributed by atoms with Crippen LogP contribution in [0.5, 0.6) is 0 Å². The van der Waals surface area contributed by atoms with Crippen LogP contribution in [0.15, 0.2) is 0 Å². The topological polar surface area (TPSA) is 0 Å². The van der Waals surface area contributed by atoms with E-state index >= 15 is 0 Å². The molecule has 0 unspecified atom stereocenters. The van der Waals surface area contributed by atoms with Gasteiger partial charge in [-0.2, -0.15) is 0 Å². The third kappa shape index (κ3) is 2.60. The van der Waals surface area contributed by atoms with Crippen molar-refractivity contribution in [2.75, 3.05) is 0 Å². The van der Waals surface area contributed by atoms with Crippen LogP contribution in [0.2, 0.25) is 0 Å². The highest BCUT2D eigenvalue weighted by Crippen LogP contribution is 2.08. The summed E-state index contributed by atoms with van der Waals surface area (Å²) in [6.07, 6.45) is 0.0532. The van der Waals surface area contributed by atoms with Gasteiger partial charge in [0.2, 0.25) is 0 Å². The molecule has 0 aromatic rings. The molecule has 0 aliphatic carbocycles. The summed E-state index contributed by atoms with van der Waals surface area (Å²) < 4.78 is 12.3. The highest BCUT2D eigenvalue weighted by Gasteiger charge is 2.06. The third-order valence-corrected chi connectivity index (χ3v) is 1.11. The Hall–Kier alpha value is -0.0700. The lowest BCUT2D eigenvalue weighted by atomic mass is 10.1. The van der Waals surface area contributed by atoms with Crippen molar-refractivity contribution in [3.63, 3.8) is 0 Å². The first-order chi connectivity index (χ1) is 3.18. The van der Waals surface area contributed by atoms with E-state index in [4.69, 9.17) is 0 Å². The summed E-state index contributed by atoms with van der Waals surface area (Å²) in [5.41, 5.74) is 0. The molecule has 0 nitrogen and oxygen atoms in total. The van der Waals surface area contributed by atoms with Crippen LogP contribution >= 0.6 is 0 Å². The minimum Gasteiger partial charge on any atom is -0.247 e. The van der Waals surface area contributed by atoms with Crippen molar-refractivity contribution in [2.45, 2.75) is 33.4 Å². The third-order valence-electron chi connectivity index (χ3n) is 1.11. The molecule has 0 saturated carbocycles. The second-order valence-electron chi connectivity index (χ2n) is 2.17. The first-order valence-corrected chi connectivity index (χ1v) is 2.82. The molecule has 0 heterocycles. The first kappa shape index (κ1) is 6.93. The summed E-state index contributed by atoms with van der Waals surface area (Å²) in [6.45, 7) is 5.66. The van der Waals surface area contributed by atoms with Crippen LogP contribution in [0, 0.1) is 5.92 Å². The van der Waals surface area contributed by atoms with E-state index in [0.29, 0.717) is 6.42 Å². The van der Waals surface area contributed by atoms with Gasteiger partial charge >= 0.3 is 0 Å². The van der Waals surface area contributed by atoms with Gasteiger partial charge in [-0.25, -0.2) is 4.39 Å². The van der Waals surface area contributed by atoms with Gasteiger partial charge in [0.25, 0.3) is 0 Å². The van der Waals surface area contributed by atoms with E-state index in [2.05, 4.69) is 0 Å². The molecule has 0 spiro atoms. The van der Waals surface area contributed by atoms with Crippen molar-refractivity contribution in [2.24, 2.45) is 5.92 Å². The second kappa shape index (κ2) is 3.00. The standard InChI is InChI=1S/C6H13F/c1-4-6(7)5(2)3/h5-6H,4H2,1-3H3/t6-/m0/s1. The minimum atomic E-state index is -0.597. The van der Waals surface area contributed by atoms with Crippen LogP contribution in [0.3, 0.4) is 0 Å². The number of hydrogen-bond donors (Lipinski definition) is 0. The number of halogens is 1. The maximum atomic E-state index is 12.3. The summed E-state index contributed by atoms with van der Waals surface area (Å²) >= 11 is 0. The molecule has 0 aromatic heterocycles. The molecule has 1 heteroatoms.